The molecule has 0 aliphatic heterocycles. The van der Waals surface area contributed by atoms with Crippen LogP contribution in [0.15, 0.2) is 72.8 Å². The van der Waals surface area contributed by atoms with Gasteiger partial charge in [-0.25, -0.2) is 13.2 Å². The predicted molar refractivity (Wildman–Crippen MR) is 147 cm³/mol. The fourth-order valence-corrected chi connectivity index (χ4v) is 4.01. The van der Waals surface area contributed by atoms with E-state index in [9.17, 15) is 18.3 Å². The molecular formula is C26H30Cl2N2O6S. The number of carbonyl (C=O) groups is 1. The van der Waals surface area contributed by atoms with Gasteiger partial charge < -0.3 is 19.8 Å². The third-order valence-corrected chi connectivity index (χ3v) is 6.25. The molecule has 0 saturated carbocycles. The molecule has 3 rings (SSSR count). The van der Waals surface area contributed by atoms with Crippen molar-refractivity contribution in [2.45, 2.75) is 12.5 Å². The predicted octanol–water partition coefficient (Wildman–Crippen LogP) is 4.66. The number of nitrogens with one attached hydrogen (secondary N) is 1. The smallest absolute Gasteiger partial charge is 0.335 e. The van der Waals surface area contributed by atoms with Crippen molar-refractivity contribution >= 4 is 44.9 Å². The SMILES string of the molecule is CN(CCc1ccc(Cl)c(Cl)c1)CC(O)COc1ccc(NS(C)(=O)=O)cc1.O=C(O)c1ccccc1. The Morgan fingerprint density at radius 3 is 2.22 bits per heavy atom. The van der Waals surface area contributed by atoms with E-state index in [4.69, 9.17) is 33.0 Å². The third-order valence-electron chi connectivity index (χ3n) is 4.91. The normalized spacial score (nSPS) is 11.8. The molecule has 0 aliphatic rings. The highest BCUT2D eigenvalue weighted by Gasteiger charge is 2.10. The molecule has 0 fully saturated rings. The maximum Gasteiger partial charge on any atom is 0.335 e. The van der Waals surface area contributed by atoms with Gasteiger partial charge in [-0.2, -0.15) is 0 Å². The van der Waals surface area contributed by atoms with Crippen LogP contribution in [0.25, 0.3) is 0 Å². The second-order valence-electron chi connectivity index (χ2n) is 8.30. The molecule has 8 nitrogen and oxygen atoms in total. The number of likely N-dealkylation sites (N-methyl/N-ethyl adjacent to an activating group) is 1. The van der Waals surface area contributed by atoms with E-state index in [2.05, 4.69) is 4.72 Å². The van der Waals surface area contributed by atoms with Crippen molar-refractivity contribution in [3.63, 3.8) is 0 Å². The fraction of sp³-hybridized carbons (Fsp3) is 0.269. The second-order valence-corrected chi connectivity index (χ2v) is 10.9. The van der Waals surface area contributed by atoms with Crippen molar-refractivity contribution in [3.8, 4) is 5.75 Å². The highest BCUT2D eigenvalue weighted by atomic mass is 35.5. The van der Waals surface area contributed by atoms with E-state index >= 15 is 0 Å². The minimum atomic E-state index is -3.31. The number of carboxylic acid groups (broad SMARTS) is 1. The number of aliphatic hydroxyl groups excluding tert-OH is 1. The standard InChI is InChI=1S/C19H24Cl2N2O4S.C7H6O2/c1-23(10-9-14-3-8-18(20)19(21)11-14)12-16(24)13-27-17-6-4-15(5-7-17)22-28(2,25)26;8-7(9)6-4-2-1-3-5-6/h3-8,11,16,22,24H,9-10,12-13H2,1-2H3;1-5H,(H,8,9). The Kier molecular flexibility index (Phi) is 12.2. The van der Waals surface area contributed by atoms with E-state index in [1.807, 2.05) is 24.1 Å². The number of benzene rings is 3. The van der Waals surface area contributed by atoms with Gasteiger partial charge in [-0.1, -0.05) is 47.5 Å². The Balaban J connectivity index is 0.000000449. The van der Waals surface area contributed by atoms with E-state index in [0.717, 1.165) is 24.8 Å². The fourth-order valence-electron chi connectivity index (χ4n) is 3.13. The largest absolute Gasteiger partial charge is 0.491 e. The van der Waals surface area contributed by atoms with Crippen LogP contribution in [0.3, 0.4) is 0 Å². The van der Waals surface area contributed by atoms with Crippen molar-refractivity contribution in [2.75, 3.05) is 37.7 Å². The number of aliphatic hydroxyl groups is 1. The van der Waals surface area contributed by atoms with Gasteiger partial charge in [-0.05, 0) is 67.6 Å². The molecule has 0 aliphatic carbocycles. The maximum absolute atomic E-state index is 11.2. The van der Waals surface area contributed by atoms with Crippen LogP contribution in [-0.2, 0) is 16.4 Å². The average molecular weight is 570 g/mol. The summed E-state index contributed by atoms with van der Waals surface area (Å²) in [5.74, 6) is -0.327. The summed E-state index contributed by atoms with van der Waals surface area (Å²) >= 11 is 11.9. The molecule has 0 bridgehead atoms. The highest BCUT2D eigenvalue weighted by Crippen LogP contribution is 2.23. The average Bonchev–Trinajstić information content (AvgIpc) is 2.84. The summed E-state index contributed by atoms with van der Waals surface area (Å²) in [5, 5.41) is 19.6. The van der Waals surface area contributed by atoms with E-state index in [-0.39, 0.29) is 6.61 Å². The van der Waals surface area contributed by atoms with Crippen LogP contribution >= 0.6 is 23.2 Å². The number of sulfonamides is 1. The number of aromatic carboxylic acids is 1. The van der Waals surface area contributed by atoms with Crippen molar-refractivity contribution in [2.24, 2.45) is 0 Å². The Labute approximate surface area is 227 Å². The summed E-state index contributed by atoms with van der Waals surface area (Å²) in [6.07, 6.45) is 1.22. The maximum atomic E-state index is 11.2. The minimum Gasteiger partial charge on any atom is -0.491 e. The Bertz CT molecular complexity index is 1240. The van der Waals surface area contributed by atoms with Crippen LogP contribution in [0.4, 0.5) is 5.69 Å². The lowest BCUT2D eigenvalue weighted by Crippen LogP contribution is -2.34. The zero-order valence-corrected chi connectivity index (χ0v) is 22.8. The molecule has 0 spiro atoms. The molecule has 11 heteroatoms. The highest BCUT2D eigenvalue weighted by molar-refractivity contribution is 7.92. The van der Waals surface area contributed by atoms with Gasteiger partial charge in [-0.3, -0.25) is 4.72 Å². The minimum absolute atomic E-state index is 0.135. The number of nitrogens with zero attached hydrogens (tertiary/aromatic N) is 1. The van der Waals surface area contributed by atoms with Crippen LogP contribution in [0.5, 0.6) is 5.75 Å². The molecule has 0 aromatic heterocycles. The van der Waals surface area contributed by atoms with Gasteiger partial charge in [0.05, 0.1) is 21.9 Å². The molecule has 0 saturated heterocycles. The quantitative estimate of drug-likeness (QED) is 0.308. The number of halogens is 2. The number of rotatable bonds is 11. The summed E-state index contributed by atoms with van der Waals surface area (Å²) in [4.78, 5) is 12.2. The molecule has 0 radical (unpaired) electrons. The van der Waals surface area contributed by atoms with Gasteiger partial charge in [0, 0.05) is 18.8 Å². The molecule has 0 heterocycles. The van der Waals surface area contributed by atoms with E-state index in [1.165, 1.54) is 0 Å². The molecule has 1 atom stereocenters. The Morgan fingerprint density at radius 1 is 1.03 bits per heavy atom. The van der Waals surface area contributed by atoms with Crippen LogP contribution in [-0.4, -0.2) is 68.6 Å². The zero-order chi connectivity index (χ0) is 27.4. The van der Waals surface area contributed by atoms with E-state index in [0.29, 0.717) is 33.6 Å². The molecule has 3 N–H and O–H groups in total. The number of hydrogen-bond donors (Lipinski definition) is 3. The summed E-state index contributed by atoms with van der Waals surface area (Å²) in [5.41, 5.74) is 1.87. The van der Waals surface area contributed by atoms with Crippen LogP contribution in [0.2, 0.25) is 10.0 Å². The van der Waals surface area contributed by atoms with Crippen molar-refractivity contribution in [3.05, 3.63) is 94.0 Å². The van der Waals surface area contributed by atoms with Crippen molar-refractivity contribution in [1.82, 2.24) is 4.90 Å². The molecule has 200 valence electrons. The molecule has 1 unspecified atom stereocenters. The summed E-state index contributed by atoms with van der Waals surface area (Å²) in [7, 11) is -1.39. The summed E-state index contributed by atoms with van der Waals surface area (Å²) < 4.78 is 30.3. The van der Waals surface area contributed by atoms with Crippen LogP contribution < -0.4 is 9.46 Å². The molecule has 0 amide bonds. The topological polar surface area (TPSA) is 116 Å². The first kappa shape index (κ1) is 30.4. The molecule has 3 aromatic rings. The molecule has 37 heavy (non-hydrogen) atoms. The number of carboxylic acids is 1. The first-order valence-electron chi connectivity index (χ1n) is 11.2. The van der Waals surface area contributed by atoms with Gasteiger partial charge in [-0.15, -0.1) is 0 Å². The molecule has 3 aromatic carbocycles. The van der Waals surface area contributed by atoms with Gasteiger partial charge in [0.1, 0.15) is 18.5 Å². The van der Waals surface area contributed by atoms with Gasteiger partial charge in [0.25, 0.3) is 0 Å². The number of hydrogen-bond acceptors (Lipinski definition) is 6. The number of anilines is 1. The lowest BCUT2D eigenvalue weighted by Gasteiger charge is -2.21. The Morgan fingerprint density at radius 2 is 1.68 bits per heavy atom. The van der Waals surface area contributed by atoms with Gasteiger partial charge >= 0.3 is 5.97 Å². The van der Waals surface area contributed by atoms with Gasteiger partial charge in [0.2, 0.25) is 10.0 Å². The summed E-state index contributed by atoms with van der Waals surface area (Å²) in [6.45, 7) is 1.34. The van der Waals surface area contributed by atoms with Crippen LogP contribution in [0, 0.1) is 0 Å². The van der Waals surface area contributed by atoms with E-state index < -0.39 is 22.1 Å². The van der Waals surface area contributed by atoms with Gasteiger partial charge in [0.15, 0.2) is 0 Å². The molecular weight excluding hydrogens is 539 g/mol. The second kappa shape index (κ2) is 14.8. The van der Waals surface area contributed by atoms with Crippen molar-refractivity contribution < 1.29 is 28.2 Å². The van der Waals surface area contributed by atoms with Crippen molar-refractivity contribution in [1.29, 1.82) is 0 Å². The van der Waals surface area contributed by atoms with Crippen LogP contribution in [0.1, 0.15) is 15.9 Å². The summed E-state index contributed by atoms with van der Waals surface area (Å²) in [6, 6.07) is 20.4. The zero-order valence-electron chi connectivity index (χ0n) is 20.5. The number of ether oxygens (including phenoxy) is 1. The lowest BCUT2D eigenvalue weighted by atomic mass is 10.1. The Hall–Kier alpha value is -2.82. The first-order valence-corrected chi connectivity index (χ1v) is 13.9. The van der Waals surface area contributed by atoms with E-state index in [1.54, 1.807) is 60.7 Å². The monoisotopic (exact) mass is 568 g/mol. The third kappa shape index (κ3) is 12.3. The lowest BCUT2D eigenvalue weighted by molar-refractivity contribution is 0.0696. The first-order chi connectivity index (χ1) is 17.4.